The topological polar surface area (TPSA) is 41.6 Å². The van der Waals surface area contributed by atoms with Crippen molar-refractivity contribution < 1.29 is 9.53 Å². The Bertz CT molecular complexity index is 689. The number of carbonyl (C=O) groups excluding carboxylic acids is 1. The van der Waals surface area contributed by atoms with E-state index in [0.29, 0.717) is 5.56 Å². The number of benzene rings is 2. The van der Waals surface area contributed by atoms with Gasteiger partial charge in [0.2, 0.25) is 0 Å². The van der Waals surface area contributed by atoms with Crippen LogP contribution >= 0.6 is 0 Å². The fourth-order valence-corrected chi connectivity index (χ4v) is 2.85. The number of aryl methyl sites for hydroxylation is 1. The lowest BCUT2D eigenvalue weighted by Gasteiger charge is -2.19. The summed E-state index contributed by atoms with van der Waals surface area (Å²) in [6.07, 6.45) is 2.48. The van der Waals surface area contributed by atoms with Crippen LogP contribution in [0.3, 0.4) is 0 Å². The molecule has 2 aromatic carbocycles. The van der Waals surface area contributed by atoms with E-state index in [9.17, 15) is 4.79 Å². The van der Waals surface area contributed by atoms with Crippen LogP contribution < -0.4 is 15.0 Å². The highest BCUT2D eigenvalue weighted by molar-refractivity contribution is 6.05. The van der Waals surface area contributed by atoms with Gasteiger partial charge in [0.05, 0.1) is 7.11 Å². The van der Waals surface area contributed by atoms with Crippen molar-refractivity contribution in [3.63, 3.8) is 0 Å². The largest absolute Gasteiger partial charge is 0.497 e. The fraction of sp³-hybridized carbons (Fsp3) is 0.316. The second-order valence-electron chi connectivity index (χ2n) is 5.88. The Balaban J connectivity index is 1.77. The first-order chi connectivity index (χ1) is 11.2. The smallest absolute Gasteiger partial charge is 0.255 e. The van der Waals surface area contributed by atoms with Crippen molar-refractivity contribution in [2.24, 2.45) is 0 Å². The molecule has 3 rings (SSSR count). The van der Waals surface area contributed by atoms with Crippen molar-refractivity contribution in [3.05, 3.63) is 53.6 Å². The summed E-state index contributed by atoms with van der Waals surface area (Å²) in [7, 11) is 1.61. The van der Waals surface area contributed by atoms with Gasteiger partial charge in [-0.05, 0) is 61.7 Å². The minimum atomic E-state index is -0.102. The molecular weight excluding hydrogens is 288 g/mol. The first-order valence-electron chi connectivity index (χ1n) is 7.98. The van der Waals surface area contributed by atoms with E-state index >= 15 is 0 Å². The van der Waals surface area contributed by atoms with Crippen LogP contribution in [0, 0.1) is 6.92 Å². The monoisotopic (exact) mass is 310 g/mol. The number of rotatable bonds is 4. The Morgan fingerprint density at radius 3 is 2.43 bits per heavy atom. The first-order valence-corrected chi connectivity index (χ1v) is 7.98. The van der Waals surface area contributed by atoms with Gasteiger partial charge < -0.3 is 15.0 Å². The summed E-state index contributed by atoms with van der Waals surface area (Å²) in [5.41, 5.74) is 3.74. The van der Waals surface area contributed by atoms with E-state index in [0.717, 1.165) is 30.1 Å². The third-order valence-electron chi connectivity index (χ3n) is 4.29. The van der Waals surface area contributed by atoms with Gasteiger partial charge in [0.25, 0.3) is 5.91 Å². The van der Waals surface area contributed by atoms with Gasteiger partial charge in [0.15, 0.2) is 0 Å². The van der Waals surface area contributed by atoms with Crippen molar-refractivity contribution in [1.82, 2.24) is 0 Å². The van der Waals surface area contributed by atoms with Crippen LogP contribution in [0.25, 0.3) is 0 Å². The highest BCUT2D eigenvalue weighted by Gasteiger charge is 2.14. The van der Waals surface area contributed by atoms with Crippen molar-refractivity contribution >= 4 is 17.3 Å². The summed E-state index contributed by atoms with van der Waals surface area (Å²) >= 11 is 0. The van der Waals surface area contributed by atoms with Crippen LogP contribution in [0.5, 0.6) is 5.75 Å². The van der Waals surface area contributed by atoms with Crippen molar-refractivity contribution in [3.8, 4) is 5.75 Å². The van der Waals surface area contributed by atoms with Crippen LogP contribution in [-0.2, 0) is 0 Å². The number of ether oxygens (including phenoxy) is 1. The van der Waals surface area contributed by atoms with Crippen LogP contribution in [0.2, 0.25) is 0 Å². The standard InChI is InChI=1S/C19H22N2O2/c1-14-5-8-16(21-11-3-4-12-21)13-18(14)20-19(22)15-6-9-17(23-2)10-7-15/h5-10,13H,3-4,11-12H2,1-2H3,(H,20,22). The first kappa shape index (κ1) is 15.4. The molecule has 4 heteroatoms. The van der Waals surface area contributed by atoms with Crippen LogP contribution in [0.1, 0.15) is 28.8 Å². The van der Waals surface area contributed by atoms with Gasteiger partial charge in [-0.3, -0.25) is 4.79 Å². The van der Waals surface area contributed by atoms with Crippen LogP contribution in [0.4, 0.5) is 11.4 Å². The van der Waals surface area contributed by atoms with Gasteiger partial charge >= 0.3 is 0 Å². The number of hydrogen-bond donors (Lipinski definition) is 1. The number of carbonyl (C=O) groups is 1. The molecule has 0 bridgehead atoms. The Morgan fingerprint density at radius 1 is 1.09 bits per heavy atom. The molecule has 1 fully saturated rings. The summed E-state index contributed by atoms with van der Waals surface area (Å²) < 4.78 is 5.12. The minimum Gasteiger partial charge on any atom is -0.497 e. The molecule has 23 heavy (non-hydrogen) atoms. The molecule has 0 unspecified atom stereocenters. The minimum absolute atomic E-state index is 0.102. The zero-order valence-electron chi connectivity index (χ0n) is 13.6. The molecular formula is C19H22N2O2. The van der Waals surface area contributed by atoms with Gasteiger partial charge in [0, 0.05) is 30.0 Å². The average molecular weight is 310 g/mol. The molecule has 1 aliphatic rings. The maximum Gasteiger partial charge on any atom is 0.255 e. The van der Waals surface area contributed by atoms with Crippen molar-refractivity contribution in [1.29, 1.82) is 0 Å². The van der Waals surface area contributed by atoms with Crippen LogP contribution in [0.15, 0.2) is 42.5 Å². The highest BCUT2D eigenvalue weighted by atomic mass is 16.5. The number of nitrogens with zero attached hydrogens (tertiary/aromatic N) is 1. The van der Waals surface area contributed by atoms with Crippen molar-refractivity contribution in [2.45, 2.75) is 19.8 Å². The molecule has 4 nitrogen and oxygen atoms in total. The Labute approximate surface area is 137 Å². The normalized spacial score (nSPS) is 13.9. The second kappa shape index (κ2) is 6.73. The Kier molecular flexibility index (Phi) is 4.51. The number of anilines is 2. The van der Waals surface area contributed by atoms with Gasteiger partial charge in [-0.15, -0.1) is 0 Å². The molecule has 120 valence electrons. The van der Waals surface area contributed by atoms with E-state index in [1.54, 1.807) is 31.4 Å². The summed E-state index contributed by atoms with van der Waals surface area (Å²) in [4.78, 5) is 14.8. The lowest BCUT2D eigenvalue weighted by Crippen LogP contribution is -2.18. The van der Waals surface area contributed by atoms with E-state index in [1.165, 1.54) is 18.5 Å². The van der Waals surface area contributed by atoms with E-state index in [4.69, 9.17) is 4.74 Å². The molecule has 1 amide bonds. The number of methoxy groups -OCH3 is 1. The predicted molar refractivity (Wildman–Crippen MR) is 93.6 cm³/mol. The Hall–Kier alpha value is -2.49. The third kappa shape index (κ3) is 3.47. The Morgan fingerprint density at radius 2 is 1.78 bits per heavy atom. The van der Waals surface area contributed by atoms with Gasteiger partial charge in [-0.25, -0.2) is 0 Å². The molecule has 0 radical (unpaired) electrons. The molecule has 0 spiro atoms. The molecule has 2 aromatic rings. The van der Waals surface area contributed by atoms with E-state index < -0.39 is 0 Å². The maximum absolute atomic E-state index is 12.4. The lowest BCUT2D eigenvalue weighted by molar-refractivity contribution is 0.102. The number of amides is 1. The van der Waals surface area contributed by atoms with Crippen LogP contribution in [-0.4, -0.2) is 26.1 Å². The fourth-order valence-electron chi connectivity index (χ4n) is 2.85. The van der Waals surface area contributed by atoms with E-state index in [1.807, 2.05) is 6.92 Å². The zero-order valence-corrected chi connectivity index (χ0v) is 13.6. The SMILES string of the molecule is COc1ccc(C(=O)Nc2cc(N3CCCC3)ccc2C)cc1. The molecule has 1 heterocycles. The average Bonchev–Trinajstić information content (AvgIpc) is 3.11. The molecule has 1 saturated heterocycles. The highest BCUT2D eigenvalue weighted by Crippen LogP contribution is 2.26. The van der Waals surface area contributed by atoms with Gasteiger partial charge in [0.1, 0.15) is 5.75 Å². The molecule has 0 aliphatic carbocycles. The van der Waals surface area contributed by atoms with Gasteiger partial charge in [-0.2, -0.15) is 0 Å². The quantitative estimate of drug-likeness (QED) is 0.932. The lowest BCUT2D eigenvalue weighted by atomic mass is 10.1. The second-order valence-corrected chi connectivity index (χ2v) is 5.88. The maximum atomic E-state index is 12.4. The number of nitrogens with one attached hydrogen (secondary N) is 1. The molecule has 1 N–H and O–H groups in total. The summed E-state index contributed by atoms with van der Waals surface area (Å²) in [5, 5.41) is 3.02. The summed E-state index contributed by atoms with van der Waals surface area (Å²) in [6.45, 7) is 4.20. The third-order valence-corrected chi connectivity index (χ3v) is 4.29. The summed E-state index contributed by atoms with van der Waals surface area (Å²) in [5.74, 6) is 0.642. The number of hydrogen-bond acceptors (Lipinski definition) is 3. The van der Waals surface area contributed by atoms with Gasteiger partial charge in [-0.1, -0.05) is 6.07 Å². The molecule has 1 aliphatic heterocycles. The molecule has 0 aromatic heterocycles. The van der Waals surface area contributed by atoms with E-state index in [-0.39, 0.29) is 5.91 Å². The van der Waals surface area contributed by atoms with E-state index in [2.05, 4.69) is 28.4 Å². The zero-order chi connectivity index (χ0) is 16.2. The predicted octanol–water partition coefficient (Wildman–Crippen LogP) is 3.86. The molecule has 0 atom stereocenters. The van der Waals surface area contributed by atoms with Crippen molar-refractivity contribution in [2.75, 3.05) is 30.4 Å². The molecule has 0 saturated carbocycles. The summed E-state index contributed by atoms with van der Waals surface area (Å²) in [6, 6.07) is 13.4.